The van der Waals surface area contributed by atoms with E-state index in [9.17, 15) is 5.11 Å². The predicted molar refractivity (Wildman–Crippen MR) is 73.3 cm³/mol. The third-order valence-corrected chi connectivity index (χ3v) is 4.30. The Morgan fingerprint density at radius 2 is 2.50 bits per heavy atom. The van der Waals surface area contributed by atoms with Gasteiger partial charge in [-0.25, -0.2) is 4.98 Å². The van der Waals surface area contributed by atoms with Crippen LogP contribution in [0, 0.1) is 0 Å². The zero-order valence-electron chi connectivity index (χ0n) is 10.5. The molecule has 0 amide bonds. The lowest BCUT2D eigenvalue weighted by molar-refractivity contribution is 0.266. The Morgan fingerprint density at radius 1 is 1.61 bits per heavy atom. The van der Waals surface area contributed by atoms with Crippen molar-refractivity contribution in [2.45, 2.75) is 25.4 Å². The molecule has 1 fully saturated rings. The van der Waals surface area contributed by atoms with Crippen LogP contribution in [0.2, 0.25) is 0 Å². The summed E-state index contributed by atoms with van der Waals surface area (Å²) >= 11 is 1.65. The molecule has 5 nitrogen and oxygen atoms in total. The van der Waals surface area contributed by atoms with Crippen LogP contribution in [0.25, 0.3) is 4.96 Å². The van der Waals surface area contributed by atoms with Gasteiger partial charge in [-0.3, -0.25) is 4.40 Å². The lowest BCUT2D eigenvalue weighted by Crippen LogP contribution is -2.33. The SMILES string of the molecule is CNCc1c(N2CCCC2CO)nc2sccn12. The summed E-state index contributed by atoms with van der Waals surface area (Å²) in [6, 6.07) is 0.227. The van der Waals surface area contributed by atoms with Gasteiger partial charge in [-0.2, -0.15) is 0 Å². The first-order chi connectivity index (χ1) is 8.85. The molecule has 3 rings (SSSR count). The molecule has 0 aromatic carbocycles. The van der Waals surface area contributed by atoms with E-state index < -0.39 is 0 Å². The second kappa shape index (κ2) is 4.87. The van der Waals surface area contributed by atoms with Gasteiger partial charge in [0.2, 0.25) is 0 Å². The maximum atomic E-state index is 9.45. The second-order valence-corrected chi connectivity index (χ2v) is 5.51. The molecule has 1 aliphatic rings. The van der Waals surface area contributed by atoms with Gasteiger partial charge in [0.15, 0.2) is 10.8 Å². The minimum absolute atomic E-state index is 0.212. The molecule has 0 bridgehead atoms. The fourth-order valence-corrected chi connectivity index (χ4v) is 3.42. The van der Waals surface area contributed by atoms with E-state index in [-0.39, 0.29) is 12.6 Å². The molecule has 1 saturated heterocycles. The van der Waals surface area contributed by atoms with Crippen molar-refractivity contribution in [3.63, 3.8) is 0 Å². The summed E-state index contributed by atoms with van der Waals surface area (Å²) in [5.74, 6) is 1.03. The molecule has 1 aliphatic heterocycles. The molecular formula is C12H18N4OS. The summed E-state index contributed by atoms with van der Waals surface area (Å²) in [4.78, 5) is 8.01. The van der Waals surface area contributed by atoms with Gasteiger partial charge in [0, 0.05) is 24.7 Å². The normalized spacial score (nSPS) is 20.1. The van der Waals surface area contributed by atoms with E-state index in [4.69, 9.17) is 4.98 Å². The van der Waals surface area contributed by atoms with E-state index in [1.165, 1.54) is 5.69 Å². The average Bonchev–Trinajstić information content (AvgIpc) is 3.04. The van der Waals surface area contributed by atoms with Gasteiger partial charge in [0.25, 0.3) is 0 Å². The van der Waals surface area contributed by atoms with E-state index in [0.717, 1.165) is 36.7 Å². The fraction of sp³-hybridized carbons (Fsp3) is 0.583. The van der Waals surface area contributed by atoms with Crippen molar-refractivity contribution in [3.05, 3.63) is 17.3 Å². The zero-order valence-corrected chi connectivity index (χ0v) is 11.3. The topological polar surface area (TPSA) is 52.8 Å². The lowest BCUT2D eigenvalue weighted by Gasteiger charge is -2.24. The van der Waals surface area contributed by atoms with E-state index in [2.05, 4.69) is 26.2 Å². The van der Waals surface area contributed by atoms with Gasteiger partial charge >= 0.3 is 0 Å². The molecule has 0 spiro atoms. The van der Waals surface area contributed by atoms with Crippen LogP contribution in [-0.4, -0.2) is 40.7 Å². The highest BCUT2D eigenvalue weighted by atomic mass is 32.1. The number of anilines is 1. The Morgan fingerprint density at radius 3 is 3.28 bits per heavy atom. The van der Waals surface area contributed by atoms with Crippen molar-refractivity contribution in [2.75, 3.05) is 25.1 Å². The van der Waals surface area contributed by atoms with Crippen molar-refractivity contribution in [3.8, 4) is 0 Å². The number of nitrogens with zero attached hydrogens (tertiary/aromatic N) is 3. The Balaban J connectivity index is 2.04. The molecule has 1 unspecified atom stereocenters. The molecule has 6 heteroatoms. The summed E-state index contributed by atoms with van der Waals surface area (Å²) in [6.07, 6.45) is 4.25. The van der Waals surface area contributed by atoms with E-state index in [1.807, 2.05) is 7.05 Å². The maximum Gasteiger partial charge on any atom is 0.195 e. The van der Waals surface area contributed by atoms with Gasteiger partial charge in [-0.1, -0.05) is 0 Å². The number of aliphatic hydroxyl groups excluding tert-OH is 1. The van der Waals surface area contributed by atoms with Crippen LogP contribution < -0.4 is 10.2 Å². The largest absolute Gasteiger partial charge is 0.394 e. The molecule has 98 valence electrons. The van der Waals surface area contributed by atoms with Crippen LogP contribution in [0.3, 0.4) is 0 Å². The van der Waals surface area contributed by atoms with E-state index >= 15 is 0 Å². The number of imidazole rings is 1. The molecule has 1 atom stereocenters. The summed E-state index contributed by atoms with van der Waals surface area (Å²) in [6.45, 7) is 2.00. The molecule has 2 aromatic rings. The van der Waals surface area contributed by atoms with E-state index in [1.54, 1.807) is 11.3 Å². The first-order valence-electron chi connectivity index (χ1n) is 6.31. The minimum atomic E-state index is 0.212. The summed E-state index contributed by atoms with van der Waals surface area (Å²) in [5.41, 5.74) is 1.19. The molecule has 0 saturated carbocycles. The summed E-state index contributed by atoms with van der Waals surface area (Å²) in [7, 11) is 1.95. The number of hydrogen-bond donors (Lipinski definition) is 2. The Bertz CT molecular complexity index is 535. The molecule has 0 radical (unpaired) electrons. The maximum absolute atomic E-state index is 9.45. The number of thiazole rings is 1. The predicted octanol–water partition coefficient (Wildman–Crippen LogP) is 1.08. The monoisotopic (exact) mass is 266 g/mol. The van der Waals surface area contributed by atoms with Gasteiger partial charge in [-0.05, 0) is 19.9 Å². The lowest BCUT2D eigenvalue weighted by atomic mass is 10.2. The Labute approximate surface area is 110 Å². The number of aliphatic hydroxyl groups is 1. The smallest absolute Gasteiger partial charge is 0.195 e. The minimum Gasteiger partial charge on any atom is -0.394 e. The Hall–Kier alpha value is -1.11. The number of fused-ring (bicyclic) bond motifs is 1. The molecule has 2 aromatic heterocycles. The molecule has 3 heterocycles. The quantitative estimate of drug-likeness (QED) is 0.869. The third kappa shape index (κ3) is 1.81. The summed E-state index contributed by atoms with van der Waals surface area (Å²) < 4.78 is 2.14. The molecule has 0 aliphatic carbocycles. The molecular weight excluding hydrogens is 248 g/mol. The molecule has 18 heavy (non-hydrogen) atoms. The highest BCUT2D eigenvalue weighted by Gasteiger charge is 2.28. The summed E-state index contributed by atoms with van der Waals surface area (Å²) in [5, 5.41) is 14.7. The van der Waals surface area contributed by atoms with Crippen LogP contribution >= 0.6 is 11.3 Å². The van der Waals surface area contributed by atoms with Crippen LogP contribution in [-0.2, 0) is 6.54 Å². The first kappa shape index (κ1) is 12.0. The van der Waals surface area contributed by atoms with Crippen LogP contribution in [0.15, 0.2) is 11.6 Å². The third-order valence-electron chi connectivity index (χ3n) is 3.54. The van der Waals surface area contributed by atoms with Gasteiger partial charge < -0.3 is 15.3 Å². The standard InChI is InChI=1S/C12H18N4OS/c1-13-7-10-11(14-12-16(10)5-6-18-12)15-4-2-3-9(15)8-17/h5-6,9,13,17H,2-4,7-8H2,1H3. The fourth-order valence-electron chi connectivity index (χ4n) is 2.69. The number of nitrogens with one attached hydrogen (secondary N) is 1. The van der Waals surface area contributed by atoms with Crippen molar-refractivity contribution in [1.29, 1.82) is 0 Å². The van der Waals surface area contributed by atoms with Crippen molar-refractivity contribution < 1.29 is 5.11 Å². The van der Waals surface area contributed by atoms with Gasteiger partial charge in [0.1, 0.15) is 0 Å². The number of aromatic nitrogens is 2. The van der Waals surface area contributed by atoms with Crippen molar-refractivity contribution in [2.24, 2.45) is 0 Å². The number of hydrogen-bond acceptors (Lipinski definition) is 5. The van der Waals surface area contributed by atoms with Gasteiger partial charge in [-0.15, -0.1) is 11.3 Å². The zero-order chi connectivity index (χ0) is 12.5. The highest BCUT2D eigenvalue weighted by Crippen LogP contribution is 2.30. The second-order valence-electron chi connectivity index (χ2n) is 4.64. The van der Waals surface area contributed by atoms with E-state index in [0.29, 0.717) is 0 Å². The van der Waals surface area contributed by atoms with Crippen LogP contribution in [0.1, 0.15) is 18.5 Å². The van der Waals surface area contributed by atoms with Crippen molar-refractivity contribution in [1.82, 2.24) is 14.7 Å². The molecule has 2 N–H and O–H groups in total. The van der Waals surface area contributed by atoms with Crippen LogP contribution in [0.4, 0.5) is 5.82 Å². The van der Waals surface area contributed by atoms with Crippen molar-refractivity contribution >= 4 is 22.1 Å². The average molecular weight is 266 g/mol. The first-order valence-corrected chi connectivity index (χ1v) is 7.19. The highest BCUT2D eigenvalue weighted by molar-refractivity contribution is 7.15. The number of rotatable bonds is 4. The van der Waals surface area contributed by atoms with Crippen LogP contribution in [0.5, 0.6) is 0 Å². The Kier molecular flexibility index (Phi) is 3.23. The van der Waals surface area contributed by atoms with Gasteiger partial charge in [0.05, 0.1) is 18.3 Å².